The smallest absolute Gasteiger partial charge is 0.119 e. The first kappa shape index (κ1) is 28.7. The van der Waals surface area contributed by atoms with Gasteiger partial charge >= 0.3 is 0 Å². The van der Waals surface area contributed by atoms with Gasteiger partial charge in [-0.05, 0) is 90.9 Å². The van der Waals surface area contributed by atoms with Crippen molar-refractivity contribution in [2.75, 3.05) is 6.61 Å². The number of hydrogen-bond donors (Lipinski definition) is 2. The maximum absolute atomic E-state index is 6.10. The van der Waals surface area contributed by atoms with Crippen LogP contribution in [-0.4, -0.2) is 26.5 Å². The molecular formula is C38H42N4O. The minimum atomic E-state index is 0.762. The van der Waals surface area contributed by atoms with Gasteiger partial charge in [-0.1, -0.05) is 76.8 Å². The monoisotopic (exact) mass is 570 g/mol. The minimum absolute atomic E-state index is 0.762. The first-order valence-electron chi connectivity index (χ1n) is 16.0. The van der Waals surface area contributed by atoms with E-state index in [2.05, 4.69) is 108 Å². The van der Waals surface area contributed by atoms with Crippen LogP contribution in [0.4, 0.5) is 0 Å². The molecule has 220 valence electrons. The van der Waals surface area contributed by atoms with Crippen LogP contribution >= 0.6 is 0 Å². The number of aromatic nitrogens is 4. The summed E-state index contributed by atoms with van der Waals surface area (Å²) in [6.07, 6.45) is 21.6. The lowest BCUT2D eigenvalue weighted by Crippen LogP contribution is -1.97. The summed E-state index contributed by atoms with van der Waals surface area (Å²) < 4.78 is 6.10. The molecule has 2 aliphatic heterocycles. The van der Waals surface area contributed by atoms with Gasteiger partial charge in [-0.15, -0.1) is 0 Å². The number of ether oxygens (including phenoxy) is 1. The van der Waals surface area contributed by atoms with Crippen LogP contribution in [0.1, 0.15) is 93.9 Å². The Kier molecular flexibility index (Phi) is 9.48. The molecule has 2 N–H and O–H groups in total. The van der Waals surface area contributed by atoms with E-state index in [0.29, 0.717) is 0 Å². The number of nitrogens with zero attached hydrogens (tertiary/aromatic N) is 2. The molecule has 4 aromatic rings. The maximum Gasteiger partial charge on any atom is 0.119 e. The van der Waals surface area contributed by atoms with Crippen LogP contribution in [0.15, 0.2) is 66.7 Å². The zero-order valence-corrected chi connectivity index (χ0v) is 25.2. The van der Waals surface area contributed by atoms with Crippen molar-refractivity contribution in [3.05, 3.63) is 89.5 Å². The summed E-state index contributed by atoms with van der Waals surface area (Å²) >= 11 is 0. The summed E-state index contributed by atoms with van der Waals surface area (Å²) in [6.45, 7) is 3.04. The van der Waals surface area contributed by atoms with Crippen molar-refractivity contribution in [1.82, 2.24) is 19.9 Å². The molecule has 8 bridgehead atoms. The van der Waals surface area contributed by atoms with Crippen LogP contribution in [0, 0.1) is 0 Å². The molecule has 5 nitrogen and oxygen atoms in total. The Hall–Kier alpha value is -4.38. The Morgan fingerprint density at radius 2 is 1.02 bits per heavy atom. The molecule has 0 spiro atoms. The molecule has 2 aliphatic rings. The van der Waals surface area contributed by atoms with Gasteiger partial charge in [0.2, 0.25) is 0 Å². The Balaban J connectivity index is 1.19. The SMILES string of the molecule is CCCCCCCCCCCCOc1ccc(-c2c3nc(cc4ccc(cc5ccc(cc6nc2C=C6)[nH]5)[nH]4)C=C3)cc1. The highest BCUT2D eigenvalue weighted by molar-refractivity contribution is 5.89. The van der Waals surface area contributed by atoms with Crippen LogP contribution in [-0.2, 0) is 0 Å². The third kappa shape index (κ3) is 7.72. The number of rotatable bonds is 13. The summed E-state index contributed by atoms with van der Waals surface area (Å²) in [5, 5.41) is 0. The lowest BCUT2D eigenvalue weighted by molar-refractivity contribution is 0.304. The molecule has 43 heavy (non-hydrogen) atoms. The molecular weight excluding hydrogens is 528 g/mol. The van der Waals surface area contributed by atoms with Crippen molar-refractivity contribution in [2.24, 2.45) is 0 Å². The summed E-state index contributed by atoms with van der Waals surface area (Å²) in [5.74, 6) is 0.907. The number of nitrogens with one attached hydrogen (secondary N) is 2. The average molecular weight is 571 g/mol. The highest BCUT2D eigenvalue weighted by Gasteiger charge is 2.14. The number of unbranched alkanes of at least 4 members (excludes halogenated alkanes) is 9. The molecule has 3 aromatic heterocycles. The average Bonchev–Trinajstić information content (AvgIpc) is 3.83. The van der Waals surface area contributed by atoms with E-state index in [4.69, 9.17) is 14.7 Å². The van der Waals surface area contributed by atoms with Gasteiger partial charge in [0.15, 0.2) is 0 Å². The topological polar surface area (TPSA) is 66.6 Å². The molecule has 0 atom stereocenters. The van der Waals surface area contributed by atoms with Gasteiger partial charge in [0.05, 0.1) is 29.4 Å². The summed E-state index contributed by atoms with van der Waals surface area (Å²) in [6, 6.07) is 23.0. The molecule has 0 saturated heterocycles. The van der Waals surface area contributed by atoms with Crippen LogP contribution in [0.3, 0.4) is 0 Å². The third-order valence-electron chi connectivity index (χ3n) is 8.12. The molecule has 5 heterocycles. The minimum Gasteiger partial charge on any atom is -0.494 e. The van der Waals surface area contributed by atoms with E-state index in [1.165, 1.54) is 57.8 Å². The van der Waals surface area contributed by atoms with E-state index in [9.17, 15) is 0 Å². The Morgan fingerprint density at radius 3 is 1.56 bits per heavy atom. The van der Waals surface area contributed by atoms with Gasteiger partial charge in [-0.2, -0.15) is 0 Å². The molecule has 0 aliphatic carbocycles. The van der Waals surface area contributed by atoms with E-state index in [0.717, 1.165) is 74.7 Å². The lowest BCUT2D eigenvalue weighted by Gasteiger charge is -2.09. The first-order valence-corrected chi connectivity index (χ1v) is 16.0. The Bertz CT molecular complexity index is 1650. The Labute approximate surface area is 254 Å². The van der Waals surface area contributed by atoms with Gasteiger partial charge in [0.1, 0.15) is 5.75 Å². The highest BCUT2D eigenvalue weighted by atomic mass is 16.5. The zero-order valence-electron chi connectivity index (χ0n) is 25.2. The number of aromatic amines is 2. The van der Waals surface area contributed by atoms with E-state index >= 15 is 0 Å². The van der Waals surface area contributed by atoms with E-state index in [1.807, 2.05) is 0 Å². The van der Waals surface area contributed by atoms with E-state index in [1.54, 1.807) is 0 Å². The van der Waals surface area contributed by atoms with Crippen molar-refractivity contribution in [1.29, 1.82) is 0 Å². The molecule has 5 heteroatoms. The predicted octanol–water partition coefficient (Wildman–Crippen LogP) is 10.6. The van der Waals surface area contributed by atoms with Crippen molar-refractivity contribution >= 4 is 46.4 Å². The first-order chi connectivity index (χ1) is 21.2. The van der Waals surface area contributed by atoms with Crippen LogP contribution < -0.4 is 4.74 Å². The second-order valence-corrected chi connectivity index (χ2v) is 11.6. The highest BCUT2D eigenvalue weighted by Crippen LogP contribution is 2.32. The molecule has 0 fully saturated rings. The normalized spacial score (nSPS) is 12.2. The van der Waals surface area contributed by atoms with Crippen molar-refractivity contribution in [3.63, 3.8) is 0 Å². The van der Waals surface area contributed by atoms with E-state index in [-0.39, 0.29) is 0 Å². The molecule has 6 rings (SSSR count). The molecule has 0 radical (unpaired) electrons. The molecule has 0 amide bonds. The summed E-state index contributed by atoms with van der Waals surface area (Å²) in [5.41, 5.74) is 9.81. The fourth-order valence-electron chi connectivity index (χ4n) is 5.80. The van der Waals surface area contributed by atoms with E-state index < -0.39 is 0 Å². The maximum atomic E-state index is 6.10. The van der Waals surface area contributed by atoms with Crippen molar-refractivity contribution in [3.8, 4) is 16.9 Å². The van der Waals surface area contributed by atoms with Gasteiger partial charge in [-0.25, -0.2) is 9.97 Å². The fraction of sp³-hybridized carbons (Fsp3) is 0.316. The quantitative estimate of drug-likeness (QED) is 0.136. The van der Waals surface area contributed by atoms with Gasteiger partial charge in [-0.3, -0.25) is 0 Å². The molecule has 1 aromatic carbocycles. The predicted molar refractivity (Wildman–Crippen MR) is 182 cm³/mol. The number of fused-ring (bicyclic) bond motifs is 8. The lowest BCUT2D eigenvalue weighted by atomic mass is 10.0. The second-order valence-electron chi connectivity index (χ2n) is 11.6. The van der Waals surface area contributed by atoms with Crippen molar-refractivity contribution in [2.45, 2.75) is 71.1 Å². The summed E-state index contributed by atoms with van der Waals surface area (Å²) in [4.78, 5) is 16.9. The number of H-pyrrole nitrogens is 2. The van der Waals surface area contributed by atoms with Crippen LogP contribution in [0.2, 0.25) is 0 Å². The van der Waals surface area contributed by atoms with Crippen LogP contribution in [0.25, 0.3) is 57.5 Å². The van der Waals surface area contributed by atoms with Gasteiger partial charge < -0.3 is 14.7 Å². The number of hydrogen-bond acceptors (Lipinski definition) is 3. The summed E-state index contributed by atoms with van der Waals surface area (Å²) in [7, 11) is 0. The molecule has 0 unspecified atom stereocenters. The Morgan fingerprint density at radius 1 is 0.535 bits per heavy atom. The van der Waals surface area contributed by atoms with Gasteiger partial charge in [0.25, 0.3) is 0 Å². The third-order valence-corrected chi connectivity index (χ3v) is 8.12. The largest absolute Gasteiger partial charge is 0.494 e. The standard InChI is InChI=1S/C38H42N4O/c1-2-3-4-5-6-7-8-9-10-11-24-43-35-20-12-28(13-21-35)38-36-22-18-33(41-36)26-31-16-14-29(39-31)25-30-15-17-32(40-30)27-34-19-23-37(38)42-34/h12-23,25-27,39-40H,2-11,24H2,1H3. The van der Waals surface area contributed by atoms with Gasteiger partial charge in [0, 0.05) is 27.6 Å². The second kappa shape index (κ2) is 14.2. The fourth-order valence-corrected chi connectivity index (χ4v) is 5.80. The zero-order chi connectivity index (χ0) is 29.3. The van der Waals surface area contributed by atoms with Crippen molar-refractivity contribution < 1.29 is 4.74 Å². The number of benzene rings is 1. The van der Waals surface area contributed by atoms with Crippen LogP contribution in [0.5, 0.6) is 5.75 Å². The molecule has 0 saturated carbocycles.